The summed E-state index contributed by atoms with van der Waals surface area (Å²) in [6.07, 6.45) is -5.87. The van der Waals surface area contributed by atoms with Gasteiger partial charge in [-0.05, 0) is 18.2 Å². The van der Waals surface area contributed by atoms with E-state index in [-0.39, 0.29) is 6.61 Å². The smallest absolute Gasteiger partial charge is 0.363 e. The van der Waals surface area contributed by atoms with Gasteiger partial charge in [0.25, 0.3) is 0 Å². The van der Waals surface area contributed by atoms with E-state index in [9.17, 15) is 17.6 Å². The summed E-state index contributed by atoms with van der Waals surface area (Å²) in [5.41, 5.74) is -2.75. The predicted octanol–water partition coefficient (Wildman–Crippen LogP) is 3.20. The molecule has 7 heteroatoms. The molecule has 96 valence electrons. The van der Waals surface area contributed by atoms with Crippen LogP contribution in [0.2, 0.25) is 0 Å². The monoisotopic (exact) mass is 323 g/mol. The zero-order valence-electron chi connectivity index (χ0n) is 8.76. The highest BCUT2D eigenvalue weighted by Gasteiger charge is 2.71. The van der Waals surface area contributed by atoms with Crippen LogP contribution in [-0.2, 0) is 10.3 Å². The maximum absolute atomic E-state index is 13.7. The SMILES string of the molecule is Fc1ccc(Br)cc1C1(C(F)(F)F)N=C2COC21. The molecule has 1 saturated heterocycles. The summed E-state index contributed by atoms with van der Waals surface area (Å²) in [5, 5.41) is 0. The Bertz CT molecular complexity index is 556. The maximum Gasteiger partial charge on any atom is 0.420 e. The molecular formula is C11H6BrF4NO. The second-order valence-electron chi connectivity index (χ2n) is 4.18. The number of fused-ring (bicyclic) bond motifs is 1. The van der Waals surface area contributed by atoms with Crippen LogP contribution in [0.4, 0.5) is 17.6 Å². The summed E-state index contributed by atoms with van der Waals surface area (Å²) < 4.78 is 58.7. The topological polar surface area (TPSA) is 21.6 Å². The minimum atomic E-state index is -4.69. The summed E-state index contributed by atoms with van der Waals surface area (Å²) in [6, 6.07) is 3.43. The Morgan fingerprint density at radius 3 is 2.56 bits per heavy atom. The van der Waals surface area contributed by atoms with E-state index in [1.807, 2.05) is 0 Å². The Hall–Kier alpha value is -0.950. The van der Waals surface area contributed by atoms with Crippen molar-refractivity contribution in [2.45, 2.75) is 17.8 Å². The first-order chi connectivity index (χ1) is 8.36. The van der Waals surface area contributed by atoms with E-state index >= 15 is 0 Å². The number of aliphatic imine (C=N–C) groups is 1. The van der Waals surface area contributed by atoms with Crippen molar-refractivity contribution in [1.29, 1.82) is 0 Å². The molecule has 0 amide bonds. The van der Waals surface area contributed by atoms with E-state index < -0.39 is 29.2 Å². The van der Waals surface area contributed by atoms with Crippen LogP contribution in [0.15, 0.2) is 27.7 Å². The minimum absolute atomic E-state index is 0.0954. The normalized spacial score (nSPS) is 30.1. The fourth-order valence-electron chi connectivity index (χ4n) is 2.27. The van der Waals surface area contributed by atoms with Gasteiger partial charge in [-0.2, -0.15) is 13.2 Å². The largest absolute Gasteiger partial charge is 0.420 e. The molecule has 0 aromatic heterocycles. The van der Waals surface area contributed by atoms with Crippen molar-refractivity contribution in [3.8, 4) is 0 Å². The highest BCUT2D eigenvalue weighted by Crippen LogP contribution is 2.55. The van der Waals surface area contributed by atoms with Crippen molar-refractivity contribution in [2.75, 3.05) is 6.61 Å². The van der Waals surface area contributed by atoms with Crippen LogP contribution >= 0.6 is 15.9 Å². The van der Waals surface area contributed by atoms with Gasteiger partial charge < -0.3 is 4.74 Å². The first-order valence-electron chi connectivity index (χ1n) is 5.09. The Labute approximate surface area is 108 Å². The van der Waals surface area contributed by atoms with Gasteiger partial charge in [-0.25, -0.2) is 4.39 Å². The van der Waals surface area contributed by atoms with Crippen molar-refractivity contribution < 1.29 is 22.3 Å². The number of ether oxygens (including phenoxy) is 1. The molecule has 1 aromatic carbocycles. The predicted molar refractivity (Wildman–Crippen MR) is 59.0 cm³/mol. The fourth-order valence-corrected chi connectivity index (χ4v) is 2.63. The first-order valence-corrected chi connectivity index (χ1v) is 5.88. The first kappa shape index (κ1) is 12.1. The van der Waals surface area contributed by atoms with Gasteiger partial charge in [0.15, 0.2) is 0 Å². The van der Waals surface area contributed by atoms with Gasteiger partial charge in [-0.3, -0.25) is 4.99 Å². The Morgan fingerprint density at radius 1 is 1.39 bits per heavy atom. The van der Waals surface area contributed by atoms with E-state index in [1.54, 1.807) is 0 Å². The van der Waals surface area contributed by atoms with Gasteiger partial charge >= 0.3 is 6.18 Å². The molecule has 1 aromatic rings. The molecule has 2 aliphatic rings. The molecule has 2 atom stereocenters. The zero-order chi connectivity index (χ0) is 13.1. The maximum atomic E-state index is 13.7. The van der Waals surface area contributed by atoms with E-state index in [2.05, 4.69) is 20.9 Å². The minimum Gasteiger partial charge on any atom is -0.363 e. The van der Waals surface area contributed by atoms with Crippen molar-refractivity contribution >= 4 is 21.6 Å². The molecule has 0 radical (unpaired) electrons. The number of alkyl halides is 3. The molecule has 2 unspecified atom stereocenters. The van der Waals surface area contributed by atoms with Crippen LogP contribution in [0.3, 0.4) is 0 Å². The van der Waals surface area contributed by atoms with Crippen LogP contribution < -0.4 is 0 Å². The lowest BCUT2D eigenvalue weighted by molar-refractivity contribution is -0.232. The molecule has 2 nitrogen and oxygen atoms in total. The third kappa shape index (κ3) is 1.34. The van der Waals surface area contributed by atoms with Crippen molar-refractivity contribution in [3.63, 3.8) is 0 Å². The number of hydrogen-bond donors (Lipinski definition) is 0. The van der Waals surface area contributed by atoms with Gasteiger partial charge in [0, 0.05) is 10.0 Å². The van der Waals surface area contributed by atoms with Gasteiger partial charge in [-0.15, -0.1) is 0 Å². The fraction of sp³-hybridized carbons (Fsp3) is 0.364. The van der Waals surface area contributed by atoms with Gasteiger partial charge in [0.1, 0.15) is 11.9 Å². The lowest BCUT2D eigenvalue weighted by atomic mass is 9.74. The third-order valence-corrected chi connectivity index (χ3v) is 3.66. The van der Waals surface area contributed by atoms with Crippen LogP contribution in [0.5, 0.6) is 0 Å². The van der Waals surface area contributed by atoms with E-state index in [0.29, 0.717) is 10.2 Å². The summed E-state index contributed by atoms with van der Waals surface area (Å²) in [4.78, 5) is 3.57. The Balaban J connectivity index is 2.20. The molecular weight excluding hydrogens is 318 g/mol. The number of halogens is 5. The zero-order valence-corrected chi connectivity index (χ0v) is 10.3. The number of nitrogens with zero attached hydrogens (tertiary/aromatic N) is 1. The molecule has 0 aliphatic carbocycles. The molecule has 18 heavy (non-hydrogen) atoms. The van der Waals surface area contributed by atoms with Crippen LogP contribution in [0, 0.1) is 5.82 Å². The van der Waals surface area contributed by atoms with Gasteiger partial charge in [0.05, 0.1) is 12.3 Å². The summed E-state index contributed by atoms with van der Waals surface area (Å²) in [6.45, 7) is 0.0954. The highest BCUT2D eigenvalue weighted by molar-refractivity contribution is 9.10. The molecule has 0 bridgehead atoms. The molecule has 3 rings (SSSR count). The molecule has 0 spiro atoms. The van der Waals surface area contributed by atoms with E-state index in [1.165, 1.54) is 6.07 Å². The van der Waals surface area contributed by atoms with Crippen LogP contribution in [0.25, 0.3) is 0 Å². The van der Waals surface area contributed by atoms with Crippen molar-refractivity contribution in [2.24, 2.45) is 4.99 Å². The quantitative estimate of drug-likeness (QED) is 0.727. The summed E-state index contributed by atoms with van der Waals surface area (Å²) in [5.74, 6) is -0.936. The van der Waals surface area contributed by atoms with Crippen molar-refractivity contribution in [1.82, 2.24) is 0 Å². The second kappa shape index (κ2) is 3.54. The lowest BCUT2D eigenvalue weighted by Crippen LogP contribution is -2.68. The number of rotatable bonds is 1. The van der Waals surface area contributed by atoms with E-state index in [4.69, 9.17) is 4.74 Å². The van der Waals surface area contributed by atoms with Crippen molar-refractivity contribution in [3.05, 3.63) is 34.1 Å². The summed E-state index contributed by atoms with van der Waals surface area (Å²) >= 11 is 3.04. The molecule has 2 aliphatic heterocycles. The molecule has 2 heterocycles. The second-order valence-corrected chi connectivity index (χ2v) is 5.10. The van der Waals surface area contributed by atoms with Gasteiger partial charge in [-0.1, -0.05) is 15.9 Å². The van der Waals surface area contributed by atoms with Crippen LogP contribution in [0.1, 0.15) is 5.56 Å². The molecule has 0 saturated carbocycles. The Morgan fingerprint density at radius 2 is 2.11 bits per heavy atom. The standard InChI is InChI=1S/C11H6BrF4NO/c12-5-1-2-7(13)6(3-5)10(11(14,15)16)9-8(17-10)4-18-9/h1-3,9H,4H2. The highest BCUT2D eigenvalue weighted by atomic mass is 79.9. The third-order valence-electron chi connectivity index (χ3n) is 3.17. The number of benzene rings is 1. The van der Waals surface area contributed by atoms with Gasteiger partial charge in [0.2, 0.25) is 5.54 Å². The summed E-state index contributed by atoms with van der Waals surface area (Å²) in [7, 11) is 0. The van der Waals surface area contributed by atoms with Crippen LogP contribution in [-0.4, -0.2) is 24.6 Å². The lowest BCUT2D eigenvalue weighted by Gasteiger charge is -2.52. The molecule has 0 N–H and O–H groups in total. The average Bonchev–Trinajstić information content (AvgIpc) is 2.24. The van der Waals surface area contributed by atoms with E-state index in [0.717, 1.165) is 12.1 Å². The Kier molecular flexibility index (Phi) is 2.38. The average molecular weight is 324 g/mol. The molecule has 1 fully saturated rings. The number of hydrogen-bond acceptors (Lipinski definition) is 2.